The van der Waals surface area contributed by atoms with Crippen LogP contribution in [0.1, 0.15) is 11.3 Å². The fraction of sp³-hybridized carbons (Fsp3) is 0. The highest BCUT2D eigenvalue weighted by Crippen LogP contribution is 2.54. The number of hydrogen-bond donors (Lipinski definition) is 0. The van der Waals surface area contributed by atoms with Crippen molar-refractivity contribution in [3.05, 3.63) is 127 Å². The van der Waals surface area contributed by atoms with Crippen molar-refractivity contribution in [1.29, 1.82) is 10.5 Å². The first-order valence-corrected chi connectivity index (χ1v) is 11.5. The van der Waals surface area contributed by atoms with Gasteiger partial charge in [-0.3, -0.25) is 0 Å². The summed E-state index contributed by atoms with van der Waals surface area (Å²) in [6.45, 7) is 0. The number of anilines is 6. The van der Waals surface area contributed by atoms with E-state index in [0.717, 1.165) is 39.7 Å². The van der Waals surface area contributed by atoms with Gasteiger partial charge in [-0.1, -0.05) is 54.6 Å². The highest BCUT2D eigenvalue weighted by atomic mass is 15.3. The lowest BCUT2D eigenvalue weighted by molar-refractivity contribution is 1.17. The Morgan fingerprint density at radius 3 is 1.69 bits per heavy atom. The van der Waals surface area contributed by atoms with Gasteiger partial charge in [0.2, 0.25) is 0 Å². The lowest BCUT2D eigenvalue weighted by Gasteiger charge is -2.40. The molecule has 1 aromatic heterocycles. The molecule has 0 aliphatic carbocycles. The van der Waals surface area contributed by atoms with E-state index in [4.69, 9.17) is 0 Å². The van der Waals surface area contributed by atoms with E-state index in [1.54, 1.807) is 6.07 Å². The number of hydrogen-bond acceptors (Lipinski definition) is 5. The highest BCUT2D eigenvalue weighted by Gasteiger charge is 2.30. The van der Waals surface area contributed by atoms with Gasteiger partial charge in [0.1, 0.15) is 11.8 Å². The molecule has 1 aliphatic heterocycles. The summed E-state index contributed by atoms with van der Waals surface area (Å²) < 4.78 is 0. The molecule has 0 amide bonds. The molecule has 168 valence electrons. The third-order valence-electron chi connectivity index (χ3n) is 6.31. The van der Waals surface area contributed by atoms with Gasteiger partial charge < -0.3 is 9.80 Å². The Hall–Kier alpha value is -5.39. The Kier molecular flexibility index (Phi) is 5.15. The Morgan fingerprint density at radius 2 is 1.11 bits per heavy atom. The van der Waals surface area contributed by atoms with Crippen LogP contribution < -0.4 is 9.80 Å². The summed E-state index contributed by atoms with van der Waals surface area (Å²) in [5.41, 5.74) is 8.18. The molecule has 4 aromatic carbocycles. The van der Waals surface area contributed by atoms with Crippen molar-refractivity contribution in [2.45, 2.75) is 0 Å². The molecule has 2 heterocycles. The van der Waals surface area contributed by atoms with Crippen LogP contribution in [-0.2, 0) is 0 Å². The average Bonchev–Trinajstić information content (AvgIpc) is 2.95. The van der Waals surface area contributed by atoms with Crippen molar-refractivity contribution in [3.63, 3.8) is 0 Å². The minimum absolute atomic E-state index is 0.237. The number of nitriles is 2. The van der Waals surface area contributed by atoms with E-state index in [-0.39, 0.29) is 5.69 Å². The summed E-state index contributed by atoms with van der Waals surface area (Å²) >= 11 is 0. The second kappa shape index (κ2) is 8.76. The van der Waals surface area contributed by atoms with Crippen molar-refractivity contribution >= 4 is 34.1 Å². The van der Waals surface area contributed by atoms with Crippen LogP contribution in [0.15, 0.2) is 115 Å². The molecule has 6 rings (SSSR count). The zero-order valence-electron chi connectivity index (χ0n) is 19.2. The van der Waals surface area contributed by atoms with Gasteiger partial charge in [-0.15, -0.1) is 0 Å². The zero-order chi connectivity index (χ0) is 24.5. The van der Waals surface area contributed by atoms with Crippen molar-refractivity contribution in [3.8, 4) is 23.3 Å². The molecule has 0 bridgehead atoms. The summed E-state index contributed by atoms with van der Waals surface area (Å²) in [6.07, 6.45) is 1.50. The van der Waals surface area contributed by atoms with Crippen LogP contribution in [0.3, 0.4) is 0 Å². The predicted molar refractivity (Wildman–Crippen MR) is 142 cm³/mol. The number of aromatic nitrogens is 1. The van der Waals surface area contributed by atoms with Crippen molar-refractivity contribution in [1.82, 2.24) is 4.98 Å². The van der Waals surface area contributed by atoms with E-state index >= 15 is 0 Å². The number of pyridine rings is 1. The number of fused-ring (bicyclic) bond motifs is 2. The number of para-hydroxylation sites is 5. The van der Waals surface area contributed by atoms with Gasteiger partial charge >= 0.3 is 0 Å². The maximum absolute atomic E-state index is 9.71. The maximum Gasteiger partial charge on any atom is 0.149 e. The highest BCUT2D eigenvalue weighted by molar-refractivity contribution is 6.01. The first-order valence-electron chi connectivity index (χ1n) is 11.5. The molecular formula is C31H19N5. The number of nitrogens with zero attached hydrogens (tertiary/aromatic N) is 5. The van der Waals surface area contributed by atoms with Crippen LogP contribution in [0.2, 0.25) is 0 Å². The molecule has 0 N–H and O–H groups in total. The van der Waals surface area contributed by atoms with Crippen LogP contribution >= 0.6 is 0 Å². The number of rotatable bonds is 3. The average molecular weight is 462 g/mol. The molecule has 0 fully saturated rings. The van der Waals surface area contributed by atoms with E-state index in [0.29, 0.717) is 11.1 Å². The monoisotopic (exact) mass is 461 g/mol. The molecule has 0 atom stereocenters. The SMILES string of the molecule is N#Cc1ccnc(C#N)c1-c1cccc(N2c3ccccc3N(c3ccccc3)c3ccccc32)c1. The van der Waals surface area contributed by atoms with E-state index in [1.165, 1.54) is 6.20 Å². The smallest absolute Gasteiger partial charge is 0.149 e. The van der Waals surface area contributed by atoms with Gasteiger partial charge in [0, 0.05) is 23.1 Å². The van der Waals surface area contributed by atoms with E-state index in [9.17, 15) is 10.5 Å². The number of benzene rings is 4. The van der Waals surface area contributed by atoms with Crippen LogP contribution in [-0.4, -0.2) is 4.98 Å². The predicted octanol–water partition coefficient (Wildman–Crippen LogP) is 7.74. The topological polar surface area (TPSA) is 67.0 Å². The molecule has 5 heteroatoms. The molecule has 0 spiro atoms. The first-order chi connectivity index (χ1) is 17.8. The molecular weight excluding hydrogens is 442 g/mol. The minimum Gasteiger partial charge on any atom is -0.306 e. The summed E-state index contributed by atoms with van der Waals surface area (Å²) in [5, 5.41) is 19.4. The Labute approximate surface area is 209 Å². The normalized spacial score (nSPS) is 11.7. The molecule has 5 aromatic rings. The Bertz CT molecular complexity index is 1600. The Balaban J connectivity index is 1.58. The molecule has 0 radical (unpaired) electrons. The molecule has 0 saturated heterocycles. The van der Waals surface area contributed by atoms with Crippen molar-refractivity contribution < 1.29 is 0 Å². The first kappa shape index (κ1) is 21.2. The van der Waals surface area contributed by atoms with Gasteiger partial charge in [-0.25, -0.2) is 4.98 Å². The van der Waals surface area contributed by atoms with Gasteiger partial charge in [-0.2, -0.15) is 10.5 Å². The fourth-order valence-corrected chi connectivity index (χ4v) is 4.81. The standard InChI is InChI=1S/C31H19N5/c32-20-23-17-18-34-26(21-33)31(23)22-9-8-12-25(19-22)36-29-15-6-4-13-27(29)35(24-10-2-1-3-11-24)28-14-5-7-16-30(28)36/h1-19H. The summed E-state index contributed by atoms with van der Waals surface area (Å²) in [4.78, 5) is 8.70. The molecule has 0 saturated carbocycles. The Morgan fingerprint density at radius 1 is 0.556 bits per heavy atom. The molecule has 0 unspecified atom stereocenters. The van der Waals surface area contributed by atoms with Crippen LogP contribution in [0.4, 0.5) is 34.1 Å². The van der Waals surface area contributed by atoms with Gasteiger partial charge in [0.15, 0.2) is 0 Å². The second-order valence-corrected chi connectivity index (χ2v) is 8.34. The minimum atomic E-state index is 0.237. The molecule has 5 nitrogen and oxygen atoms in total. The van der Waals surface area contributed by atoms with Crippen LogP contribution in [0.5, 0.6) is 0 Å². The third-order valence-corrected chi connectivity index (χ3v) is 6.31. The van der Waals surface area contributed by atoms with Crippen molar-refractivity contribution in [2.24, 2.45) is 0 Å². The second-order valence-electron chi connectivity index (χ2n) is 8.34. The summed E-state index contributed by atoms with van der Waals surface area (Å²) in [7, 11) is 0. The quantitative estimate of drug-likeness (QED) is 0.270. The lowest BCUT2D eigenvalue weighted by atomic mass is 9.97. The largest absolute Gasteiger partial charge is 0.306 e. The van der Waals surface area contributed by atoms with Crippen LogP contribution in [0.25, 0.3) is 11.1 Å². The summed E-state index contributed by atoms with van der Waals surface area (Å²) in [6, 6.07) is 40.9. The van der Waals surface area contributed by atoms with Gasteiger partial charge in [0.25, 0.3) is 0 Å². The van der Waals surface area contributed by atoms with E-state index in [2.05, 4.69) is 63.3 Å². The van der Waals surface area contributed by atoms with Gasteiger partial charge in [0.05, 0.1) is 34.4 Å². The third kappa shape index (κ3) is 3.36. The zero-order valence-corrected chi connectivity index (χ0v) is 19.2. The van der Waals surface area contributed by atoms with Crippen molar-refractivity contribution in [2.75, 3.05) is 9.80 Å². The van der Waals surface area contributed by atoms with Crippen LogP contribution in [0, 0.1) is 22.7 Å². The van der Waals surface area contributed by atoms with E-state index in [1.807, 2.05) is 66.7 Å². The summed E-state index contributed by atoms with van der Waals surface area (Å²) in [5.74, 6) is 0. The van der Waals surface area contributed by atoms with Gasteiger partial charge in [-0.05, 0) is 60.2 Å². The molecule has 1 aliphatic rings. The fourth-order valence-electron chi connectivity index (χ4n) is 4.81. The lowest BCUT2D eigenvalue weighted by Crippen LogP contribution is -2.23. The van der Waals surface area contributed by atoms with E-state index < -0.39 is 0 Å². The maximum atomic E-state index is 9.71. The molecule has 36 heavy (non-hydrogen) atoms.